The zero-order valence-corrected chi connectivity index (χ0v) is 20.4. The van der Waals surface area contributed by atoms with E-state index in [1.54, 1.807) is 19.2 Å². The zero-order chi connectivity index (χ0) is 24.3. The smallest absolute Gasteiger partial charge is 0.294 e. The number of nitrogens with zero attached hydrogens (tertiary/aromatic N) is 4. The highest BCUT2D eigenvalue weighted by molar-refractivity contribution is 7.85. The lowest BCUT2D eigenvalue weighted by atomic mass is 10.0. The Morgan fingerprint density at radius 2 is 1.50 bits per heavy atom. The molecule has 8 nitrogen and oxygen atoms in total. The van der Waals surface area contributed by atoms with Crippen molar-refractivity contribution in [2.75, 3.05) is 45.2 Å². The van der Waals surface area contributed by atoms with Crippen molar-refractivity contribution in [3.63, 3.8) is 0 Å². The first-order chi connectivity index (χ1) is 16.2. The predicted molar refractivity (Wildman–Crippen MR) is 132 cm³/mol. The van der Waals surface area contributed by atoms with Crippen LogP contribution in [-0.2, 0) is 10.1 Å². The second-order valence-corrected chi connectivity index (χ2v) is 10.4. The Kier molecular flexibility index (Phi) is 7.16. The summed E-state index contributed by atoms with van der Waals surface area (Å²) in [4.78, 5) is 4.75. The Labute approximate surface area is 200 Å². The van der Waals surface area contributed by atoms with E-state index >= 15 is 0 Å². The maximum Gasteiger partial charge on any atom is 0.294 e. The number of anilines is 1. The van der Waals surface area contributed by atoms with Gasteiger partial charge in [0.1, 0.15) is 5.75 Å². The molecule has 0 bridgehead atoms. The van der Waals surface area contributed by atoms with Gasteiger partial charge in [0.15, 0.2) is 5.82 Å². The summed E-state index contributed by atoms with van der Waals surface area (Å²) in [5.74, 6) is 3.41. The molecule has 2 saturated heterocycles. The largest absolute Gasteiger partial charge is 0.497 e. The van der Waals surface area contributed by atoms with Crippen molar-refractivity contribution in [2.24, 2.45) is 11.8 Å². The van der Waals surface area contributed by atoms with Crippen molar-refractivity contribution < 1.29 is 17.7 Å². The van der Waals surface area contributed by atoms with Crippen LogP contribution in [-0.4, -0.2) is 68.4 Å². The Morgan fingerprint density at radius 3 is 2.00 bits per heavy atom. The van der Waals surface area contributed by atoms with Crippen LogP contribution in [0.2, 0.25) is 0 Å². The molecule has 0 aliphatic carbocycles. The highest BCUT2D eigenvalue weighted by Gasteiger charge is 2.39. The van der Waals surface area contributed by atoms with E-state index in [1.807, 2.05) is 31.2 Å². The van der Waals surface area contributed by atoms with E-state index in [0.717, 1.165) is 53.3 Å². The Bertz CT molecular complexity index is 1190. The van der Waals surface area contributed by atoms with Crippen molar-refractivity contribution in [1.82, 2.24) is 15.1 Å². The van der Waals surface area contributed by atoms with E-state index < -0.39 is 10.1 Å². The molecule has 2 fully saturated rings. The molecule has 0 saturated carbocycles. The minimum absolute atomic E-state index is 0.0666. The highest BCUT2D eigenvalue weighted by Crippen LogP contribution is 2.32. The van der Waals surface area contributed by atoms with Gasteiger partial charge in [0.25, 0.3) is 10.1 Å². The molecule has 0 radical (unpaired) electrons. The topological polar surface area (TPSA) is 95.9 Å². The number of methoxy groups -OCH3 is 1. The molecule has 2 aromatic carbocycles. The molecule has 0 unspecified atom stereocenters. The van der Waals surface area contributed by atoms with E-state index in [-0.39, 0.29) is 4.90 Å². The van der Waals surface area contributed by atoms with Crippen LogP contribution in [0.5, 0.6) is 5.75 Å². The van der Waals surface area contributed by atoms with Crippen molar-refractivity contribution in [2.45, 2.75) is 11.8 Å². The summed E-state index contributed by atoms with van der Waals surface area (Å²) in [5.41, 5.74) is 2.91. The number of rotatable bonds is 4. The van der Waals surface area contributed by atoms with Crippen molar-refractivity contribution in [3.8, 4) is 17.0 Å². The number of ether oxygens (including phenoxy) is 1. The molecule has 5 rings (SSSR count). The van der Waals surface area contributed by atoms with E-state index in [0.29, 0.717) is 0 Å². The normalized spacial score (nSPS) is 19.9. The summed E-state index contributed by atoms with van der Waals surface area (Å²) < 4.78 is 34.7. The molecular formula is C25H30N4O4S. The maximum atomic E-state index is 10.5. The van der Waals surface area contributed by atoms with Gasteiger partial charge in [-0.15, -0.1) is 10.2 Å². The van der Waals surface area contributed by atoms with Gasteiger partial charge >= 0.3 is 0 Å². The van der Waals surface area contributed by atoms with Gasteiger partial charge in [0.05, 0.1) is 17.7 Å². The number of aromatic nitrogens is 2. The van der Waals surface area contributed by atoms with Crippen LogP contribution in [0.25, 0.3) is 11.3 Å². The van der Waals surface area contributed by atoms with Gasteiger partial charge in [0.2, 0.25) is 0 Å². The third kappa shape index (κ3) is 5.72. The van der Waals surface area contributed by atoms with Crippen LogP contribution >= 0.6 is 0 Å². The van der Waals surface area contributed by atoms with Crippen molar-refractivity contribution in [1.29, 1.82) is 0 Å². The Morgan fingerprint density at radius 1 is 0.882 bits per heavy atom. The highest BCUT2D eigenvalue weighted by atomic mass is 32.2. The van der Waals surface area contributed by atoms with Crippen LogP contribution < -0.4 is 9.64 Å². The summed E-state index contributed by atoms with van der Waals surface area (Å²) in [6.45, 7) is 6.46. The molecule has 0 amide bonds. The Balaban J connectivity index is 0.000000210. The number of aryl methyl sites for hydroxylation is 1. The lowest BCUT2D eigenvalue weighted by molar-refractivity contribution is 0.387. The number of benzene rings is 2. The number of likely N-dealkylation sites (tertiary alicyclic amines) is 1. The second kappa shape index (κ2) is 10.1. The van der Waals surface area contributed by atoms with E-state index in [2.05, 4.69) is 39.2 Å². The maximum absolute atomic E-state index is 10.5. The zero-order valence-electron chi connectivity index (χ0n) is 19.6. The molecular weight excluding hydrogens is 452 g/mol. The molecule has 34 heavy (non-hydrogen) atoms. The van der Waals surface area contributed by atoms with Gasteiger partial charge in [-0.05, 0) is 74.3 Å². The van der Waals surface area contributed by atoms with Crippen LogP contribution in [0.1, 0.15) is 5.56 Å². The fourth-order valence-corrected chi connectivity index (χ4v) is 5.01. The number of hydrogen-bond donors (Lipinski definition) is 1. The molecule has 1 aromatic heterocycles. The molecule has 0 spiro atoms. The standard InChI is InChI=1S/C18H22N4O.C7H8O3S/c1-21-9-14-11-22(12-15(14)10-21)18-8-7-17(19-20-18)13-3-5-16(23-2)6-4-13;1-6-2-4-7(5-3-6)11(8,9)10/h3-8,14-15H,9-12H2,1-2H3;2-5H,1H3,(H,8,9,10)/t14-,15+;. The monoisotopic (exact) mass is 482 g/mol. The van der Waals surface area contributed by atoms with E-state index in [9.17, 15) is 8.42 Å². The first-order valence-corrected chi connectivity index (χ1v) is 12.6. The molecule has 9 heteroatoms. The first-order valence-electron chi connectivity index (χ1n) is 11.2. The minimum Gasteiger partial charge on any atom is -0.497 e. The predicted octanol–water partition coefficient (Wildman–Crippen LogP) is 3.39. The number of hydrogen-bond acceptors (Lipinski definition) is 7. The van der Waals surface area contributed by atoms with Gasteiger partial charge in [-0.3, -0.25) is 4.55 Å². The summed E-state index contributed by atoms with van der Waals surface area (Å²) in [6.07, 6.45) is 0. The second-order valence-electron chi connectivity index (χ2n) is 8.94. The first kappa shape index (κ1) is 24.1. The third-order valence-electron chi connectivity index (χ3n) is 6.35. The van der Waals surface area contributed by atoms with Crippen LogP contribution in [0.4, 0.5) is 5.82 Å². The third-order valence-corrected chi connectivity index (χ3v) is 7.22. The fourth-order valence-electron chi connectivity index (χ4n) is 4.53. The van der Waals surface area contributed by atoms with Gasteiger partial charge in [-0.2, -0.15) is 8.42 Å². The molecule has 3 aromatic rings. The molecule has 2 aliphatic rings. The quantitative estimate of drug-likeness (QED) is 0.566. The van der Waals surface area contributed by atoms with Crippen molar-refractivity contribution in [3.05, 3.63) is 66.2 Å². The summed E-state index contributed by atoms with van der Waals surface area (Å²) in [5, 5.41) is 8.87. The van der Waals surface area contributed by atoms with Crippen LogP contribution in [0.3, 0.4) is 0 Å². The van der Waals surface area contributed by atoms with Crippen molar-refractivity contribution >= 4 is 15.9 Å². The molecule has 3 heterocycles. The van der Waals surface area contributed by atoms with Gasteiger partial charge in [-0.25, -0.2) is 0 Å². The van der Waals surface area contributed by atoms with Gasteiger partial charge in [0, 0.05) is 31.7 Å². The van der Waals surface area contributed by atoms with E-state index in [4.69, 9.17) is 9.29 Å². The summed E-state index contributed by atoms with van der Waals surface area (Å²) in [7, 11) is -0.132. The average Bonchev–Trinajstić information content (AvgIpc) is 3.37. The minimum atomic E-state index is -4.02. The molecule has 2 atom stereocenters. The van der Waals surface area contributed by atoms with Gasteiger partial charge < -0.3 is 14.5 Å². The van der Waals surface area contributed by atoms with Crippen LogP contribution in [0.15, 0.2) is 65.6 Å². The van der Waals surface area contributed by atoms with E-state index in [1.165, 1.54) is 25.2 Å². The lowest BCUT2D eigenvalue weighted by Gasteiger charge is -2.19. The fraction of sp³-hybridized carbons (Fsp3) is 0.360. The Hall–Kier alpha value is -3.01. The molecule has 1 N–H and O–H groups in total. The van der Waals surface area contributed by atoms with Crippen LogP contribution in [0, 0.1) is 18.8 Å². The number of fused-ring (bicyclic) bond motifs is 1. The summed E-state index contributed by atoms with van der Waals surface area (Å²) in [6, 6.07) is 18.1. The summed E-state index contributed by atoms with van der Waals surface area (Å²) >= 11 is 0. The van der Waals surface area contributed by atoms with Gasteiger partial charge in [-0.1, -0.05) is 17.7 Å². The molecule has 2 aliphatic heterocycles. The average molecular weight is 483 g/mol. The lowest BCUT2D eigenvalue weighted by Crippen LogP contribution is -2.27. The molecule has 180 valence electrons. The SMILES string of the molecule is COc1ccc(-c2ccc(N3C[C@H]4CN(C)C[C@H]4C3)nn2)cc1.Cc1ccc(S(=O)(=O)O)cc1.